The van der Waals surface area contributed by atoms with E-state index < -0.39 is 23.8 Å². The van der Waals surface area contributed by atoms with Crippen molar-refractivity contribution >= 4 is 38.5 Å². The maximum absolute atomic E-state index is 14.0. The van der Waals surface area contributed by atoms with Gasteiger partial charge in [0.1, 0.15) is 23.2 Å². The first-order valence-electron chi connectivity index (χ1n) is 11.8. The number of aromatic nitrogens is 1. The number of carbonyl (C=O) groups excluding carboxylic acids is 1. The molecule has 0 amide bonds. The zero-order valence-corrected chi connectivity index (χ0v) is 20.5. The molecule has 1 aromatic heterocycles. The molecule has 5 rings (SSSR count). The summed E-state index contributed by atoms with van der Waals surface area (Å²) < 4.78 is 19.5. The highest BCUT2D eigenvalue weighted by Crippen LogP contribution is 2.47. The van der Waals surface area contributed by atoms with Crippen LogP contribution in [0.5, 0.6) is 11.5 Å². The van der Waals surface area contributed by atoms with Gasteiger partial charge in [0, 0.05) is 19.5 Å². The fourth-order valence-corrected chi connectivity index (χ4v) is 5.24. The number of benzene rings is 3. The van der Waals surface area contributed by atoms with E-state index in [2.05, 4.69) is 0 Å². The Kier molecular flexibility index (Phi) is 5.48. The third kappa shape index (κ3) is 3.45. The van der Waals surface area contributed by atoms with Crippen molar-refractivity contribution in [1.82, 2.24) is 4.57 Å². The van der Waals surface area contributed by atoms with E-state index in [1.165, 1.54) is 7.11 Å². The average molecular weight is 476 g/mol. The zero-order chi connectivity index (χ0) is 25.1. The molecule has 0 aliphatic carbocycles. The Labute approximate surface area is 202 Å². The molecule has 7 nitrogen and oxygen atoms in total. The van der Waals surface area contributed by atoms with E-state index in [1.807, 2.05) is 54.9 Å². The first kappa shape index (κ1) is 23.2. The number of aryl methyl sites for hydroxylation is 1. The second-order valence-corrected chi connectivity index (χ2v) is 9.59. The van der Waals surface area contributed by atoms with Crippen molar-refractivity contribution < 1.29 is 24.1 Å². The molecule has 3 aromatic carbocycles. The van der Waals surface area contributed by atoms with Gasteiger partial charge < -0.3 is 23.9 Å². The molecule has 0 unspecified atom stereocenters. The van der Waals surface area contributed by atoms with E-state index in [0.717, 1.165) is 10.8 Å². The van der Waals surface area contributed by atoms with Gasteiger partial charge in [0.2, 0.25) is 5.43 Å². The molecule has 0 bridgehead atoms. The van der Waals surface area contributed by atoms with Crippen LogP contribution >= 0.6 is 0 Å². The van der Waals surface area contributed by atoms with E-state index in [9.17, 15) is 14.7 Å². The number of pyridine rings is 1. The number of fused-ring (bicyclic) bond motifs is 6. The van der Waals surface area contributed by atoms with Crippen molar-refractivity contribution in [2.75, 3.05) is 7.11 Å². The van der Waals surface area contributed by atoms with Gasteiger partial charge in [-0.2, -0.15) is 0 Å². The van der Waals surface area contributed by atoms with Crippen LogP contribution in [0.2, 0.25) is 0 Å². The van der Waals surface area contributed by atoms with E-state index in [0.29, 0.717) is 45.3 Å². The Morgan fingerprint density at radius 2 is 1.91 bits per heavy atom. The molecule has 2 heterocycles. The molecule has 0 saturated carbocycles. The standard InChI is InChI=1S/C28H29NO6/c1-6-9-20(30)34-27-26(32)23-19(35-28(27,2)3)14-18(33-5)22-24(23)29(4)17-13-12-15-10-7-8-11-16(15)21(17)25(22)31/h7-8,10-14,26-27,32H,6,9H2,1-5H3/t26-,27-/m1/s1. The number of nitrogens with zero attached hydrogens (tertiary/aromatic N) is 1. The van der Waals surface area contributed by atoms with Gasteiger partial charge >= 0.3 is 5.97 Å². The summed E-state index contributed by atoms with van der Waals surface area (Å²) in [4.78, 5) is 26.4. The average Bonchev–Trinajstić information content (AvgIpc) is 2.83. The zero-order valence-electron chi connectivity index (χ0n) is 20.5. The topological polar surface area (TPSA) is 87.0 Å². The predicted molar refractivity (Wildman–Crippen MR) is 135 cm³/mol. The Morgan fingerprint density at radius 3 is 2.63 bits per heavy atom. The van der Waals surface area contributed by atoms with Crippen LogP contribution in [0.1, 0.15) is 45.3 Å². The minimum absolute atomic E-state index is 0.193. The van der Waals surface area contributed by atoms with Crippen LogP contribution in [0.25, 0.3) is 32.6 Å². The molecule has 182 valence electrons. The Balaban J connectivity index is 1.87. The lowest BCUT2D eigenvalue weighted by Crippen LogP contribution is -2.51. The number of rotatable bonds is 4. The molecule has 0 fully saturated rings. The molecule has 0 saturated heterocycles. The van der Waals surface area contributed by atoms with Crippen LogP contribution in [0.3, 0.4) is 0 Å². The van der Waals surface area contributed by atoms with Crippen molar-refractivity contribution in [2.45, 2.75) is 51.4 Å². The minimum atomic E-state index is -1.20. The van der Waals surface area contributed by atoms with Crippen LogP contribution < -0.4 is 14.9 Å². The number of hydrogen-bond acceptors (Lipinski definition) is 6. The lowest BCUT2D eigenvalue weighted by atomic mass is 9.86. The quantitative estimate of drug-likeness (QED) is 0.260. The first-order valence-corrected chi connectivity index (χ1v) is 11.8. The lowest BCUT2D eigenvalue weighted by Gasteiger charge is -2.42. The molecular weight excluding hydrogens is 446 g/mol. The number of aliphatic hydroxyl groups is 1. The third-order valence-corrected chi connectivity index (χ3v) is 6.90. The summed E-state index contributed by atoms with van der Waals surface area (Å²) in [5, 5.41) is 14.3. The van der Waals surface area contributed by atoms with E-state index in [-0.39, 0.29) is 11.8 Å². The summed E-state index contributed by atoms with van der Waals surface area (Å²) >= 11 is 0. The number of methoxy groups -OCH3 is 1. The summed E-state index contributed by atoms with van der Waals surface area (Å²) in [6.45, 7) is 5.43. The van der Waals surface area contributed by atoms with Crippen LogP contribution in [0, 0.1) is 0 Å². The normalized spacial score (nSPS) is 18.9. The van der Waals surface area contributed by atoms with E-state index in [1.54, 1.807) is 19.9 Å². The number of carbonyl (C=O) groups is 1. The van der Waals surface area contributed by atoms with Crippen molar-refractivity contribution in [3.63, 3.8) is 0 Å². The van der Waals surface area contributed by atoms with Crippen LogP contribution in [-0.2, 0) is 16.6 Å². The fraction of sp³-hybridized carbons (Fsp3) is 0.357. The second kappa shape index (κ2) is 8.27. The van der Waals surface area contributed by atoms with Crippen LogP contribution in [0.15, 0.2) is 47.3 Å². The second-order valence-electron chi connectivity index (χ2n) is 9.59. The summed E-state index contributed by atoms with van der Waals surface area (Å²) in [6.07, 6.45) is -1.28. The Morgan fingerprint density at radius 1 is 1.17 bits per heavy atom. The summed E-state index contributed by atoms with van der Waals surface area (Å²) in [6, 6.07) is 13.3. The number of ether oxygens (including phenoxy) is 3. The van der Waals surface area contributed by atoms with Gasteiger partial charge in [0.15, 0.2) is 6.10 Å². The van der Waals surface area contributed by atoms with Gasteiger partial charge in [-0.25, -0.2) is 0 Å². The number of hydrogen-bond donors (Lipinski definition) is 1. The summed E-state index contributed by atoms with van der Waals surface area (Å²) in [5.74, 6) is 0.351. The molecule has 7 heteroatoms. The van der Waals surface area contributed by atoms with Gasteiger partial charge in [-0.15, -0.1) is 0 Å². The molecule has 0 radical (unpaired) electrons. The van der Waals surface area contributed by atoms with Gasteiger partial charge in [-0.1, -0.05) is 37.3 Å². The van der Waals surface area contributed by atoms with E-state index >= 15 is 0 Å². The van der Waals surface area contributed by atoms with Gasteiger partial charge in [-0.05, 0) is 37.1 Å². The first-order chi connectivity index (χ1) is 16.7. The van der Waals surface area contributed by atoms with Crippen molar-refractivity contribution in [3.8, 4) is 11.5 Å². The summed E-state index contributed by atoms with van der Waals surface area (Å²) in [7, 11) is 3.36. The third-order valence-electron chi connectivity index (χ3n) is 6.90. The highest BCUT2D eigenvalue weighted by Gasteiger charge is 2.47. The fourth-order valence-electron chi connectivity index (χ4n) is 5.24. The van der Waals surface area contributed by atoms with E-state index in [4.69, 9.17) is 14.2 Å². The lowest BCUT2D eigenvalue weighted by molar-refractivity contribution is -0.177. The molecule has 2 atom stereocenters. The van der Waals surface area contributed by atoms with Gasteiger partial charge in [-0.3, -0.25) is 9.59 Å². The monoisotopic (exact) mass is 475 g/mol. The van der Waals surface area contributed by atoms with Crippen molar-refractivity contribution in [3.05, 3.63) is 58.3 Å². The number of aliphatic hydroxyl groups excluding tert-OH is 1. The SMILES string of the molecule is CCCC(=O)O[C@@H]1[C@H](O)c2c(cc(OC)c3c(=O)c4c5ccccc5ccc4n(C)c23)OC1(C)C. The van der Waals surface area contributed by atoms with Gasteiger partial charge in [0.25, 0.3) is 0 Å². The highest BCUT2D eigenvalue weighted by molar-refractivity contribution is 6.11. The molecule has 1 aliphatic heterocycles. The van der Waals surface area contributed by atoms with Crippen LogP contribution in [-0.4, -0.2) is 34.5 Å². The largest absolute Gasteiger partial charge is 0.496 e. The molecule has 1 N–H and O–H groups in total. The maximum atomic E-state index is 14.0. The Hall–Kier alpha value is -3.58. The highest BCUT2D eigenvalue weighted by atomic mass is 16.6. The minimum Gasteiger partial charge on any atom is -0.496 e. The smallest absolute Gasteiger partial charge is 0.306 e. The molecule has 4 aromatic rings. The molecule has 0 spiro atoms. The molecular formula is C28H29NO6. The Bertz CT molecular complexity index is 1550. The number of esters is 1. The maximum Gasteiger partial charge on any atom is 0.306 e. The molecule has 1 aliphatic rings. The van der Waals surface area contributed by atoms with Crippen molar-refractivity contribution in [1.29, 1.82) is 0 Å². The predicted octanol–water partition coefficient (Wildman–Crippen LogP) is 4.77. The van der Waals surface area contributed by atoms with Gasteiger partial charge in [0.05, 0.1) is 34.5 Å². The summed E-state index contributed by atoms with van der Waals surface area (Å²) in [5.41, 5.74) is 0.422. The van der Waals surface area contributed by atoms with Crippen molar-refractivity contribution in [2.24, 2.45) is 7.05 Å². The van der Waals surface area contributed by atoms with Crippen LogP contribution in [0.4, 0.5) is 0 Å². The molecule has 35 heavy (non-hydrogen) atoms.